The lowest BCUT2D eigenvalue weighted by Crippen LogP contribution is -2.23. The third-order valence-electron chi connectivity index (χ3n) is 0.838. The lowest BCUT2D eigenvalue weighted by atomic mass is 10.6. The Morgan fingerprint density at radius 1 is 1.67 bits per heavy atom. The van der Waals surface area contributed by atoms with Crippen LogP contribution in [0.4, 0.5) is 0 Å². The molecule has 1 N–H and O–H groups in total. The average molecular weight is 256 g/mol. The Hall–Kier alpha value is 0.130. The number of hydroxylamine groups is 2. The fourth-order valence-electron chi connectivity index (χ4n) is 0.430. The van der Waals surface area contributed by atoms with Gasteiger partial charge in [0.1, 0.15) is 9.23 Å². The Kier molecular flexibility index (Phi) is 2.26. The maximum atomic E-state index is 8.96. The Labute approximate surface area is 69.3 Å². The molecule has 0 amide bonds. The number of halogens is 2. The van der Waals surface area contributed by atoms with Crippen molar-refractivity contribution >= 4 is 36.5 Å². The molecule has 0 aromatic heterocycles. The van der Waals surface area contributed by atoms with Gasteiger partial charge in [0.15, 0.2) is 0 Å². The highest BCUT2D eigenvalue weighted by Crippen LogP contribution is 2.14. The first-order valence-electron chi connectivity index (χ1n) is 2.24. The van der Waals surface area contributed by atoms with Gasteiger partial charge in [-0.1, -0.05) is 0 Å². The second-order valence-corrected chi connectivity index (χ2v) is 3.24. The highest BCUT2D eigenvalue weighted by molar-refractivity contribution is 9.18. The molecule has 1 aliphatic rings. The summed E-state index contributed by atoms with van der Waals surface area (Å²) in [5.41, 5.74) is 0. The number of rotatable bonds is 0. The van der Waals surface area contributed by atoms with Gasteiger partial charge in [-0.05, 0) is 31.9 Å². The van der Waals surface area contributed by atoms with Crippen LogP contribution in [0.5, 0.6) is 0 Å². The number of nitrogens with zero attached hydrogens (tertiary/aromatic N) is 2. The van der Waals surface area contributed by atoms with Crippen molar-refractivity contribution in [3.63, 3.8) is 0 Å². The number of aliphatic imine (C=N–C) groups is 1. The molecule has 1 aliphatic heterocycles. The summed E-state index contributed by atoms with van der Waals surface area (Å²) in [7, 11) is 0. The molecule has 0 saturated heterocycles. The van der Waals surface area contributed by atoms with E-state index in [-0.39, 0.29) is 0 Å². The monoisotopic (exact) mass is 254 g/mol. The standard InChI is InChI=1S/C4H4Br2N2O/c5-3-2-8(9)4(6)1-7-3/h1,9H,2H2. The van der Waals surface area contributed by atoms with Gasteiger partial charge < -0.3 is 0 Å². The lowest BCUT2D eigenvalue weighted by Gasteiger charge is -2.16. The van der Waals surface area contributed by atoms with E-state index < -0.39 is 0 Å². The van der Waals surface area contributed by atoms with Crippen molar-refractivity contribution in [2.75, 3.05) is 6.54 Å². The van der Waals surface area contributed by atoms with E-state index >= 15 is 0 Å². The second-order valence-electron chi connectivity index (χ2n) is 1.51. The van der Waals surface area contributed by atoms with E-state index in [0.717, 1.165) is 5.06 Å². The van der Waals surface area contributed by atoms with Gasteiger partial charge in [0.2, 0.25) is 0 Å². The number of hydrogen-bond donors (Lipinski definition) is 1. The zero-order valence-electron chi connectivity index (χ0n) is 4.38. The molecule has 3 nitrogen and oxygen atoms in total. The zero-order valence-corrected chi connectivity index (χ0v) is 7.55. The third-order valence-corrected chi connectivity index (χ3v) is 1.91. The predicted molar refractivity (Wildman–Crippen MR) is 41.9 cm³/mol. The van der Waals surface area contributed by atoms with Crippen LogP contribution in [-0.4, -0.2) is 21.4 Å². The molecule has 0 aromatic carbocycles. The maximum Gasteiger partial charge on any atom is 0.125 e. The fraction of sp³-hybridized carbons (Fsp3) is 0.250. The SMILES string of the molecule is ON1CC(Br)=NC=C1Br. The number of hydrogen-bond acceptors (Lipinski definition) is 3. The summed E-state index contributed by atoms with van der Waals surface area (Å²) in [5, 5.41) is 10.0. The first kappa shape index (κ1) is 7.24. The molecule has 1 rings (SSSR count). The summed E-state index contributed by atoms with van der Waals surface area (Å²) in [4.78, 5) is 3.88. The van der Waals surface area contributed by atoms with Gasteiger partial charge in [-0.2, -0.15) is 0 Å². The van der Waals surface area contributed by atoms with Crippen LogP contribution in [0.15, 0.2) is 15.8 Å². The molecule has 0 bridgehead atoms. The highest BCUT2D eigenvalue weighted by atomic mass is 79.9. The van der Waals surface area contributed by atoms with Crippen LogP contribution in [0.1, 0.15) is 0 Å². The molecular formula is C4H4Br2N2O. The van der Waals surface area contributed by atoms with Crippen LogP contribution in [0.25, 0.3) is 0 Å². The Morgan fingerprint density at radius 3 is 2.78 bits per heavy atom. The zero-order chi connectivity index (χ0) is 6.85. The Bertz CT molecular complexity index is 177. The minimum atomic E-state index is 0.400. The second kappa shape index (κ2) is 2.81. The maximum absolute atomic E-state index is 8.96. The molecule has 0 aromatic rings. The van der Waals surface area contributed by atoms with Crippen LogP contribution in [0.3, 0.4) is 0 Å². The van der Waals surface area contributed by atoms with E-state index in [9.17, 15) is 0 Å². The van der Waals surface area contributed by atoms with E-state index in [2.05, 4.69) is 36.9 Å². The fourth-order valence-corrected chi connectivity index (χ4v) is 0.998. The summed E-state index contributed by atoms with van der Waals surface area (Å²) < 4.78 is 1.29. The minimum absolute atomic E-state index is 0.400. The molecule has 50 valence electrons. The normalized spacial score (nSPS) is 19.2. The topological polar surface area (TPSA) is 35.8 Å². The molecule has 0 aliphatic carbocycles. The van der Waals surface area contributed by atoms with Crippen molar-refractivity contribution in [3.05, 3.63) is 10.8 Å². The molecule has 0 radical (unpaired) electrons. The van der Waals surface area contributed by atoms with Crippen molar-refractivity contribution in [2.24, 2.45) is 4.99 Å². The van der Waals surface area contributed by atoms with E-state index in [1.165, 1.54) is 6.20 Å². The van der Waals surface area contributed by atoms with E-state index in [0.29, 0.717) is 15.8 Å². The van der Waals surface area contributed by atoms with Crippen LogP contribution < -0.4 is 0 Å². The van der Waals surface area contributed by atoms with Gasteiger partial charge in [-0.25, -0.2) is 10.1 Å². The Morgan fingerprint density at radius 2 is 2.33 bits per heavy atom. The van der Waals surface area contributed by atoms with E-state index in [4.69, 9.17) is 5.21 Å². The summed E-state index contributed by atoms with van der Waals surface area (Å²) >= 11 is 6.23. The molecule has 0 atom stereocenters. The van der Waals surface area contributed by atoms with Crippen molar-refractivity contribution in [1.82, 2.24) is 5.06 Å². The summed E-state index contributed by atoms with van der Waals surface area (Å²) in [6, 6.07) is 0. The summed E-state index contributed by atoms with van der Waals surface area (Å²) in [6.07, 6.45) is 1.52. The largest absolute Gasteiger partial charge is 0.287 e. The van der Waals surface area contributed by atoms with E-state index in [1.807, 2.05) is 0 Å². The van der Waals surface area contributed by atoms with Crippen LogP contribution >= 0.6 is 31.9 Å². The molecule has 0 fully saturated rings. The van der Waals surface area contributed by atoms with Crippen molar-refractivity contribution in [3.8, 4) is 0 Å². The molecule has 5 heteroatoms. The van der Waals surface area contributed by atoms with Gasteiger partial charge in [0.25, 0.3) is 0 Å². The lowest BCUT2D eigenvalue weighted by molar-refractivity contribution is -0.0295. The predicted octanol–water partition coefficient (Wildman–Crippen LogP) is 1.68. The van der Waals surface area contributed by atoms with Gasteiger partial charge in [-0.3, -0.25) is 5.21 Å². The molecular weight excluding hydrogens is 252 g/mol. The van der Waals surface area contributed by atoms with E-state index in [1.54, 1.807) is 0 Å². The van der Waals surface area contributed by atoms with Gasteiger partial charge in [0.05, 0.1) is 12.7 Å². The van der Waals surface area contributed by atoms with Crippen LogP contribution in [-0.2, 0) is 0 Å². The molecule has 0 unspecified atom stereocenters. The van der Waals surface area contributed by atoms with Crippen molar-refractivity contribution < 1.29 is 5.21 Å². The third kappa shape index (κ3) is 1.77. The smallest absolute Gasteiger partial charge is 0.125 e. The molecule has 1 heterocycles. The van der Waals surface area contributed by atoms with Gasteiger partial charge in [-0.15, -0.1) is 0 Å². The first-order valence-corrected chi connectivity index (χ1v) is 3.83. The van der Waals surface area contributed by atoms with Crippen molar-refractivity contribution in [2.45, 2.75) is 0 Å². The summed E-state index contributed by atoms with van der Waals surface area (Å²) in [5.74, 6) is 0. The first-order chi connectivity index (χ1) is 4.20. The van der Waals surface area contributed by atoms with Crippen molar-refractivity contribution in [1.29, 1.82) is 0 Å². The van der Waals surface area contributed by atoms with Crippen LogP contribution in [0.2, 0.25) is 0 Å². The highest BCUT2D eigenvalue weighted by Gasteiger charge is 2.09. The minimum Gasteiger partial charge on any atom is -0.287 e. The van der Waals surface area contributed by atoms with Gasteiger partial charge in [0, 0.05) is 0 Å². The quantitative estimate of drug-likeness (QED) is 0.669. The Balaban J connectivity index is 2.74. The van der Waals surface area contributed by atoms with Gasteiger partial charge >= 0.3 is 0 Å². The molecule has 0 saturated carbocycles. The average Bonchev–Trinajstić information content (AvgIpc) is 1.80. The molecule has 0 spiro atoms. The summed E-state index contributed by atoms with van der Waals surface area (Å²) in [6.45, 7) is 0.400. The van der Waals surface area contributed by atoms with Crippen LogP contribution in [0, 0.1) is 0 Å². The molecule has 9 heavy (non-hydrogen) atoms.